The zero-order chi connectivity index (χ0) is 13.7. The fraction of sp³-hybridized carbons (Fsp3) is 0.647. The van der Waals surface area contributed by atoms with E-state index in [0.717, 1.165) is 17.6 Å². The van der Waals surface area contributed by atoms with Gasteiger partial charge in [0.25, 0.3) is 0 Å². The zero-order valence-electron chi connectivity index (χ0n) is 12.5. The fourth-order valence-corrected chi connectivity index (χ4v) is 3.79. The van der Waals surface area contributed by atoms with Crippen molar-refractivity contribution in [2.75, 3.05) is 11.1 Å². The average molecular weight is 277 g/mol. The molecule has 19 heavy (non-hydrogen) atoms. The van der Waals surface area contributed by atoms with Crippen molar-refractivity contribution < 1.29 is 0 Å². The molecule has 1 nitrogen and oxygen atoms in total. The van der Waals surface area contributed by atoms with Crippen LogP contribution >= 0.6 is 11.8 Å². The molecule has 106 valence electrons. The third-order valence-electron chi connectivity index (χ3n) is 4.26. The first-order chi connectivity index (χ1) is 9.20. The Bertz CT molecular complexity index is 381. The first kappa shape index (κ1) is 14.8. The highest BCUT2D eigenvalue weighted by atomic mass is 32.2. The molecular weight excluding hydrogens is 250 g/mol. The molecule has 0 amide bonds. The summed E-state index contributed by atoms with van der Waals surface area (Å²) in [5.74, 6) is 2.93. The van der Waals surface area contributed by atoms with E-state index in [0.29, 0.717) is 6.04 Å². The van der Waals surface area contributed by atoms with Gasteiger partial charge in [-0.2, -0.15) is 0 Å². The lowest BCUT2D eigenvalue weighted by Crippen LogP contribution is -2.28. The standard InChI is InChI=1S/C17H27NS/c1-4-19-17-8-6-5-7-16(17)18-15-11-9-14(10-12-15)13(2)3/h5-8,13-15,18H,4,9-12H2,1-3H3. The van der Waals surface area contributed by atoms with Crippen LogP contribution in [0.4, 0.5) is 5.69 Å². The van der Waals surface area contributed by atoms with E-state index in [9.17, 15) is 0 Å². The molecule has 1 saturated carbocycles. The van der Waals surface area contributed by atoms with Crippen molar-refractivity contribution in [2.45, 2.75) is 57.4 Å². The lowest BCUT2D eigenvalue weighted by atomic mass is 9.79. The van der Waals surface area contributed by atoms with Crippen LogP contribution in [-0.2, 0) is 0 Å². The maximum Gasteiger partial charge on any atom is 0.0480 e. The molecule has 1 fully saturated rings. The van der Waals surface area contributed by atoms with Crippen LogP contribution in [0.2, 0.25) is 0 Å². The quantitative estimate of drug-likeness (QED) is 0.721. The molecule has 2 heteroatoms. The molecule has 0 aromatic heterocycles. The molecule has 1 aromatic rings. The number of para-hydroxylation sites is 1. The van der Waals surface area contributed by atoms with Crippen LogP contribution in [0.25, 0.3) is 0 Å². The second kappa shape index (κ2) is 7.23. The minimum Gasteiger partial charge on any atom is -0.381 e. The third kappa shape index (κ3) is 4.17. The number of benzene rings is 1. The summed E-state index contributed by atoms with van der Waals surface area (Å²) >= 11 is 1.93. The van der Waals surface area contributed by atoms with Crippen molar-refractivity contribution in [1.29, 1.82) is 0 Å². The molecular formula is C17H27NS. The minimum atomic E-state index is 0.675. The van der Waals surface area contributed by atoms with E-state index in [1.165, 1.54) is 36.3 Å². The summed E-state index contributed by atoms with van der Waals surface area (Å²) < 4.78 is 0. The highest BCUT2D eigenvalue weighted by molar-refractivity contribution is 7.99. The van der Waals surface area contributed by atoms with Gasteiger partial charge in [-0.05, 0) is 55.4 Å². The molecule has 1 N–H and O–H groups in total. The van der Waals surface area contributed by atoms with Gasteiger partial charge in [-0.3, -0.25) is 0 Å². The summed E-state index contributed by atoms with van der Waals surface area (Å²) in [5.41, 5.74) is 1.34. The molecule has 2 rings (SSSR count). The summed E-state index contributed by atoms with van der Waals surface area (Å²) in [5, 5.41) is 3.77. The number of nitrogens with one attached hydrogen (secondary N) is 1. The van der Waals surface area contributed by atoms with Crippen molar-refractivity contribution in [3.8, 4) is 0 Å². The van der Waals surface area contributed by atoms with Gasteiger partial charge in [0.2, 0.25) is 0 Å². The Morgan fingerprint density at radius 3 is 2.47 bits per heavy atom. The van der Waals surface area contributed by atoms with Crippen LogP contribution in [0.5, 0.6) is 0 Å². The molecule has 0 radical (unpaired) electrons. The van der Waals surface area contributed by atoms with Gasteiger partial charge in [0.05, 0.1) is 0 Å². The number of thioether (sulfide) groups is 1. The molecule has 1 aliphatic rings. The van der Waals surface area contributed by atoms with Gasteiger partial charge in [0.1, 0.15) is 0 Å². The molecule has 0 aliphatic heterocycles. The SMILES string of the molecule is CCSc1ccccc1NC1CCC(C(C)C)CC1. The topological polar surface area (TPSA) is 12.0 Å². The maximum atomic E-state index is 3.77. The Balaban J connectivity index is 1.92. The summed E-state index contributed by atoms with van der Waals surface area (Å²) in [6.07, 6.45) is 5.43. The van der Waals surface area contributed by atoms with Gasteiger partial charge in [0, 0.05) is 16.6 Å². The van der Waals surface area contributed by atoms with E-state index in [1.807, 2.05) is 11.8 Å². The molecule has 1 aliphatic carbocycles. The van der Waals surface area contributed by atoms with E-state index in [4.69, 9.17) is 0 Å². The van der Waals surface area contributed by atoms with E-state index in [-0.39, 0.29) is 0 Å². The Hall–Kier alpha value is -0.630. The number of hydrogen-bond donors (Lipinski definition) is 1. The van der Waals surface area contributed by atoms with Crippen LogP contribution < -0.4 is 5.32 Å². The van der Waals surface area contributed by atoms with Gasteiger partial charge in [0.15, 0.2) is 0 Å². The van der Waals surface area contributed by atoms with Crippen molar-refractivity contribution in [3.63, 3.8) is 0 Å². The van der Waals surface area contributed by atoms with E-state index < -0.39 is 0 Å². The van der Waals surface area contributed by atoms with Gasteiger partial charge in [-0.25, -0.2) is 0 Å². The molecule has 0 unspecified atom stereocenters. The third-order valence-corrected chi connectivity index (χ3v) is 5.22. The largest absolute Gasteiger partial charge is 0.381 e. The molecule has 0 bridgehead atoms. The Kier molecular flexibility index (Phi) is 5.62. The monoisotopic (exact) mass is 277 g/mol. The normalized spacial score (nSPS) is 23.6. The lowest BCUT2D eigenvalue weighted by Gasteiger charge is -2.32. The maximum absolute atomic E-state index is 3.77. The summed E-state index contributed by atoms with van der Waals surface area (Å²) in [4.78, 5) is 1.40. The molecule has 0 saturated heterocycles. The highest BCUT2D eigenvalue weighted by Crippen LogP contribution is 2.33. The summed E-state index contributed by atoms with van der Waals surface area (Å²) in [7, 11) is 0. The second-order valence-electron chi connectivity index (χ2n) is 5.93. The second-order valence-corrected chi connectivity index (χ2v) is 7.24. The van der Waals surface area contributed by atoms with Crippen LogP contribution in [0.15, 0.2) is 29.2 Å². The minimum absolute atomic E-state index is 0.675. The van der Waals surface area contributed by atoms with Crippen molar-refractivity contribution in [1.82, 2.24) is 0 Å². The van der Waals surface area contributed by atoms with Crippen molar-refractivity contribution in [2.24, 2.45) is 11.8 Å². The molecule has 0 spiro atoms. The average Bonchev–Trinajstić information content (AvgIpc) is 2.42. The van der Waals surface area contributed by atoms with Crippen LogP contribution in [-0.4, -0.2) is 11.8 Å². The molecule has 0 atom stereocenters. The van der Waals surface area contributed by atoms with Crippen LogP contribution in [0.3, 0.4) is 0 Å². The van der Waals surface area contributed by atoms with Gasteiger partial charge < -0.3 is 5.32 Å². The smallest absolute Gasteiger partial charge is 0.0480 e. The Morgan fingerprint density at radius 1 is 1.16 bits per heavy atom. The van der Waals surface area contributed by atoms with Gasteiger partial charge >= 0.3 is 0 Å². The van der Waals surface area contributed by atoms with Crippen molar-refractivity contribution >= 4 is 17.4 Å². The van der Waals surface area contributed by atoms with Gasteiger partial charge in [-0.1, -0.05) is 32.9 Å². The Morgan fingerprint density at radius 2 is 1.84 bits per heavy atom. The van der Waals surface area contributed by atoms with E-state index in [1.54, 1.807) is 0 Å². The summed E-state index contributed by atoms with van der Waals surface area (Å²) in [6, 6.07) is 9.41. The number of hydrogen-bond acceptors (Lipinski definition) is 2. The van der Waals surface area contributed by atoms with Crippen LogP contribution in [0, 0.1) is 11.8 Å². The van der Waals surface area contributed by atoms with Gasteiger partial charge in [-0.15, -0.1) is 11.8 Å². The Labute approximate surface area is 122 Å². The first-order valence-electron chi connectivity index (χ1n) is 7.69. The predicted molar refractivity (Wildman–Crippen MR) is 87.0 cm³/mol. The predicted octanol–water partition coefficient (Wildman–Crippen LogP) is 5.43. The number of rotatable bonds is 5. The van der Waals surface area contributed by atoms with Crippen molar-refractivity contribution in [3.05, 3.63) is 24.3 Å². The van der Waals surface area contributed by atoms with Crippen LogP contribution in [0.1, 0.15) is 46.5 Å². The fourth-order valence-electron chi connectivity index (χ4n) is 3.02. The lowest BCUT2D eigenvalue weighted by molar-refractivity contribution is 0.267. The summed E-state index contributed by atoms with van der Waals surface area (Å²) in [6.45, 7) is 6.95. The zero-order valence-corrected chi connectivity index (χ0v) is 13.3. The van der Waals surface area contributed by atoms with E-state index >= 15 is 0 Å². The first-order valence-corrected chi connectivity index (χ1v) is 8.67. The number of anilines is 1. The molecule has 0 heterocycles. The van der Waals surface area contributed by atoms with E-state index in [2.05, 4.69) is 50.4 Å². The highest BCUT2D eigenvalue weighted by Gasteiger charge is 2.23. The molecule has 1 aromatic carbocycles.